The molecule has 6 heteroatoms. The molecule has 1 heterocycles. The van der Waals surface area contributed by atoms with E-state index in [1.807, 2.05) is 30.5 Å². The number of benzene rings is 1. The molecule has 1 aromatic rings. The van der Waals surface area contributed by atoms with Gasteiger partial charge in [0.1, 0.15) is 6.04 Å². The highest BCUT2D eigenvalue weighted by atomic mass is 35.5. The molecule has 0 aliphatic carbocycles. The normalized spacial score (nSPS) is 22.3. The van der Waals surface area contributed by atoms with Gasteiger partial charge in [-0.25, -0.2) is 0 Å². The van der Waals surface area contributed by atoms with Crippen molar-refractivity contribution in [2.45, 2.75) is 44.2 Å². The molecule has 0 spiro atoms. The molecule has 2 rings (SSSR count). The number of hydrogen-bond donors (Lipinski definition) is 1. The number of hydrogen-bond acceptors (Lipinski definition) is 3. The lowest BCUT2D eigenvalue weighted by atomic mass is 10.0. The van der Waals surface area contributed by atoms with Gasteiger partial charge in [0.05, 0.1) is 10.6 Å². The molecule has 0 bridgehead atoms. The quantitative estimate of drug-likeness (QED) is 0.885. The highest BCUT2D eigenvalue weighted by molar-refractivity contribution is 8.00. The van der Waals surface area contributed by atoms with Gasteiger partial charge in [-0.15, -0.1) is 0 Å². The van der Waals surface area contributed by atoms with E-state index in [-0.39, 0.29) is 17.7 Å². The van der Waals surface area contributed by atoms with Crippen molar-refractivity contribution in [1.29, 1.82) is 0 Å². The zero-order chi connectivity index (χ0) is 17.9. The maximum atomic E-state index is 13.0. The Hall–Kier alpha value is -1.20. The summed E-state index contributed by atoms with van der Waals surface area (Å²) in [7, 11) is 0. The van der Waals surface area contributed by atoms with Crippen LogP contribution >= 0.6 is 23.4 Å². The Bertz CT molecular complexity index is 598. The summed E-state index contributed by atoms with van der Waals surface area (Å²) in [6, 6.07) is 6.34. The summed E-state index contributed by atoms with van der Waals surface area (Å²) in [6.07, 6.45) is 0. The fraction of sp³-hybridized carbons (Fsp3) is 0.556. The van der Waals surface area contributed by atoms with Crippen molar-refractivity contribution in [3.05, 3.63) is 34.9 Å². The average Bonchev–Trinajstić information content (AvgIpc) is 2.51. The molecule has 1 N–H and O–H groups in total. The van der Waals surface area contributed by atoms with E-state index in [1.54, 1.807) is 24.3 Å². The van der Waals surface area contributed by atoms with Gasteiger partial charge in [-0.3, -0.25) is 9.59 Å². The van der Waals surface area contributed by atoms with Crippen molar-refractivity contribution in [1.82, 2.24) is 10.2 Å². The first-order chi connectivity index (χ1) is 11.3. The van der Waals surface area contributed by atoms with Crippen molar-refractivity contribution in [3.63, 3.8) is 0 Å². The molecule has 1 aliphatic rings. The summed E-state index contributed by atoms with van der Waals surface area (Å²) >= 11 is 7.99. The van der Waals surface area contributed by atoms with Crippen LogP contribution in [0.3, 0.4) is 0 Å². The van der Waals surface area contributed by atoms with Crippen LogP contribution in [0.15, 0.2) is 24.3 Å². The number of rotatable bonds is 4. The van der Waals surface area contributed by atoms with Crippen molar-refractivity contribution in [2.75, 3.05) is 13.1 Å². The van der Waals surface area contributed by atoms with Crippen LogP contribution in [0.25, 0.3) is 0 Å². The fourth-order valence-electron chi connectivity index (χ4n) is 2.93. The summed E-state index contributed by atoms with van der Waals surface area (Å²) in [4.78, 5) is 27.4. The van der Waals surface area contributed by atoms with E-state index in [2.05, 4.69) is 19.2 Å². The summed E-state index contributed by atoms with van der Waals surface area (Å²) in [6.45, 7) is 9.60. The first kappa shape index (κ1) is 19.1. The number of carbonyl (C=O) groups excluding carboxylic acids is 2. The maximum absolute atomic E-state index is 13.0. The Labute approximate surface area is 153 Å². The molecule has 1 fully saturated rings. The van der Waals surface area contributed by atoms with Crippen LogP contribution in [0, 0.1) is 5.92 Å². The zero-order valence-electron chi connectivity index (χ0n) is 14.6. The third-order valence-electron chi connectivity index (χ3n) is 4.07. The predicted molar refractivity (Wildman–Crippen MR) is 101 cm³/mol. The van der Waals surface area contributed by atoms with Gasteiger partial charge in [-0.2, -0.15) is 11.8 Å². The topological polar surface area (TPSA) is 49.4 Å². The minimum absolute atomic E-state index is 0.00382. The van der Waals surface area contributed by atoms with Gasteiger partial charge < -0.3 is 10.2 Å². The van der Waals surface area contributed by atoms with Gasteiger partial charge >= 0.3 is 0 Å². The Kier molecular flexibility index (Phi) is 6.58. The molecular formula is C18H25ClN2O2S. The summed E-state index contributed by atoms with van der Waals surface area (Å²) in [5.74, 6) is -0.311. The Morgan fingerprint density at radius 3 is 2.33 bits per heavy atom. The van der Waals surface area contributed by atoms with Gasteiger partial charge in [0.2, 0.25) is 5.91 Å². The first-order valence-electron chi connectivity index (χ1n) is 8.29. The molecule has 0 radical (unpaired) electrons. The molecule has 1 aromatic carbocycles. The van der Waals surface area contributed by atoms with Gasteiger partial charge in [-0.1, -0.05) is 51.4 Å². The van der Waals surface area contributed by atoms with Crippen molar-refractivity contribution < 1.29 is 9.59 Å². The van der Waals surface area contributed by atoms with Crippen LogP contribution in [0.1, 0.15) is 38.1 Å². The smallest absolute Gasteiger partial charge is 0.253 e. The van der Waals surface area contributed by atoms with Crippen LogP contribution in [0.2, 0.25) is 5.02 Å². The van der Waals surface area contributed by atoms with E-state index in [1.165, 1.54) is 0 Å². The number of nitrogens with zero attached hydrogens (tertiary/aromatic N) is 1. The molecule has 0 aromatic heterocycles. The third-order valence-corrected chi connectivity index (χ3v) is 5.63. The molecule has 24 heavy (non-hydrogen) atoms. The fourth-order valence-corrected chi connectivity index (χ4v) is 4.48. The monoisotopic (exact) mass is 368 g/mol. The second-order valence-electron chi connectivity index (χ2n) is 6.68. The number of thioether (sulfide) groups is 1. The van der Waals surface area contributed by atoms with E-state index in [0.717, 1.165) is 13.1 Å². The van der Waals surface area contributed by atoms with E-state index < -0.39 is 6.04 Å². The Morgan fingerprint density at radius 2 is 1.79 bits per heavy atom. The summed E-state index contributed by atoms with van der Waals surface area (Å²) < 4.78 is 0. The molecule has 1 saturated heterocycles. The minimum Gasteiger partial charge on any atom is -0.340 e. The standard InChI is InChI=1S/C18H25ClN2O2S/c1-11(2)16(18(23)21-9-12(3)24-13(4)10-21)20-17(22)14-7-5-6-8-15(14)19/h5-8,11-13,16H,9-10H2,1-4H3,(H,20,22). The van der Waals surface area contributed by atoms with Crippen LogP contribution in [-0.4, -0.2) is 46.3 Å². The predicted octanol–water partition coefficient (Wildman–Crippen LogP) is 3.45. The lowest BCUT2D eigenvalue weighted by molar-refractivity contribution is -0.134. The van der Waals surface area contributed by atoms with Crippen LogP contribution in [-0.2, 0) is 4.79 Å². The number of nitrogens with one attached hydrogen (secondary N) is 1. The van der Waals surface area contributed by atoms with Gasteiger partial charge in [0.25, 0.3) is 5.91 Å². The van der Waals surface area contributed by atoms with Gasteiger partial charge in [0.15, 0.2) is 0 Å². The molecular weight excluding hydrogens is 344 g/mol. The van der Waals surface area contributed by atoms with Gasteiger partial charge in [-0.05, 0) is 18.1 Å². The maximum Gasteiger partial charge on any atom is 0.253 e. The highest BCUT2D eigenvalue weighted by Crippen LogP contribution is 2.25. The number of amides is 2. The Balaban J connectivity index is 2.13. The van der Waals surface area contributed by atoms with Crippen molar-refractivity contribution in [2.24, 2.45) is 5.92 Å². The molecule has 1 aliphatic heterocycles. The molecule has 2 amide bonds. The van der Waals surface area contributed by atoms with Crippen molar-refractivity contribution >= 4 is 35.2 Å². The number of halogens is 1. The van der Waals surface area contributed by atoms with Crippen LogP contribution < -0.4 is 5.32 Å². The molecule has 132 valence electrons. The molecule has 3 atom stereocenters. The lowest BCUT2D eigenvalue weighted by Gasteiger charge is -2.37. The van der Waals surface area contributed by atoms with E-state index in [4.69, 9.17) is 11.6 Å². The molecule has 4 nitrogen and oxygen atoms in total. The SMILES string of the molecule is CC1CN(C(=O)C(NC(=O)c2ccccc2Cl)C(C)C)CC(C)S1. The Morgan fingerprint density at radius 1 is 1.21 bits per heavy atom. The third kappa shape index (κ3) is 4.67. The molecule has 3 unspecified atom stereocenters. The van der Waals surface area contributed by atoms with E-state index in [0.29, 0.717) is 21.1 Å². The second-order valence-corrected chi connectivity index (χ2v) is 8.96. The van der Waals surface area contributed by atoms with Gasteiger partial charge in [0, 0.05) is 23.6 Å². The largest absolute Gasteiger partial charge is 0.340 e. The summed E-state index contributed by atoms with van der Waals surface area (Å²) in [5, 5.41) is 4.08. The van der Waals surface area contributed by atoms with Crippen LogP contribution in [0.4, 0.5) is 0 Å². The number of carbonyl (C=O) groups is 2. The molecule has 0 saturated carbocycles. The minimum atomic E-state index is -0.545. The lowest BCUT2D eigenvalue weighted by Crippen LogP contribution is -2.55. The highest BCUT2D eigenvalue weighted by Gasteiger charge is 2.33. The summed E-state index contributed by atoms with van der Waals surface area (Å²) in [5.41, 5.74) is 0.397. The average molecular weight is 369 g/mol. The van der Waals surface area contributed by atoms with E-state index in [9.17, 15) is 9.59 Å². The second kappa shape index (κ2) is 8.26. The van der Waals surface area contributed by atoms with Crippen LogP contribution in [0.5, 0.6) is 0 Å². The van der Waals surface area contributed by atoms with Crippen molar-refractivity contribution in [3.8, 4) is 0 Å². The van der Waals surface area contributed by atoms with E-state index >= 15 is 0 Å². The first-order valence-corrected chi connectivity index (χ1v) is 9.61. The zero-order valence-corrected chi connectivity index (χ0v) is 16.2.